The van der Waals surface area contributed by atoms with Crippen molar-refractivity contribution in [2.45, 2.75) is 126 Å². The maximum Gasteiger partial charge on any atom is 0.225 e. The molecule has 1 unspecified atom stereocenters. The Morgan fingerprint density at radius 1 is 0.389 bits per heavy atom. The first kappa shape index (κ1) is 99.1. The third-order valence-electron chi connectivity index (χ3n) is 27.2. The lowest BCUT2D eigenvalue weighted by Crippen LogP contribution is -2.67. The third kappa shape index (κ3) is 17.9. The molecule has 730 valence electrons. The summed E-state index contributed by atoms with van der Waals surface area (Å²) in [4.78, 5) is 68.6. The van der Waals surface area contributed by atoms with Gasteiger partial charge in [0, 0.05) is 247 Å². The number of fused-ring (bicyclic) bond motifs is 5. The van der Waals surface area contributed by atoms with Crippen molar-refractivity contribution in [3.05, 3.63) is 211 Å². The molecule has 15 aromatic rings. The molecule has 1 aliphatic carbocycles. The van der Waals surface area contributed by atoms with Crippen LogP contribution in [-0.2, 0) is 72.6 Å². The Bertz CT molecular complexity index is 8300. The van der Waals surface area contributed by atoms with E-state index in [2.05, 4.69) is 130 Å². The van der Waals surface area contributed by atoms with E-state index in [-0.39, 0.29) is 107 Å². The Balaban J connectivity index is 0.000000123. The summed E-state index contributed by atoms with van der Waals surface area (Å²) < 4.78 is 113. The van der Waals surface area contributed by atoms with Crippen LogP contribution in [-0.4, -0.2) is 248 Å². The lowest BCUT2D eigenvalue weighted by molar-refractivity contribution is -0.144. The molecule has 5 aliphatic heterocycles. The van der Waals surface area contributed by atoms with Crippen molar-refractivity contribution in [1.29, 1.82) is 26.3 Å². The number of hydrogen-bond acceptors (Lipinski definition) is 24. The second kappa shape index (κ2) is 39.2. The summed E-state index contributed by atoms with van der Waals surface area (Å²) in [5.74, 6) is 0.134. The highest BCUT2D eigenvalue weighted by molar-refractivity contribution is 7.90. The zero-order chi connectivity index (χ0) is 102. The Kier molecular flexibility index (Phi) is 27.0. The predicted molar refractivity (Wildman–Crippen MR) is 531 cm³/mol. The van der Waals surface area contributed by atoms with Crippen molar-refractivity contribution in [2.24, 2.45) is 11.8 Å². The molecule has 1 atom stereocenters. The van der Waals surface area contributed by atoms with Gasteiger partial charge in [-0.2, -0.15) is 69.0 Å². The molecule has 20 heterocycles. The van der Waals surface area contributed by atoms with Crippen LogP contribution in [0.5, 0.6) is 0 Å². The highest BCUT2D eigenvalue weighted by Gasteiger charge is 2.56. The number of amides is 1. The fraction of sp³-hybridized carbons (Fsp3) is 0.365. The second-order valence-electron chi connectivity index (χ2n) is 36.6. The van der Waals surface area contributed by atoms with Crippen LogP contribution in [0.3, 0.4) is 0 Å². The number of nitrogens with one attached hydrogen (secondary N) is 5. The summed E-state index contributed by atoms with van der Waals surface area (Å²) in [5.41, 5.74) is 9.53. The lowest BCUT2D eigenvalue weighted by atomic mass is 9.80. The van der Waals surface area contributed by atoms with Crippen molar-refractivity contribution in [3.8, 4) is 86.0 Å². The first-order valence-corrected chi connectivity index (χ1v) is 52.1. The predicted octanol–water partition coefficient (Wildman–Crippen LogP) is 13.3. The molecule has 1 saturated carbocycles. The van der Waals surface area contributed by atoms with Crippen molar-refractivity contribution < 1.29 is 38.5 Å². The number of pyridine rings is 5. The van der Waals surface area contributed by atoms with Crippen LogP contribution in [0.25, 0.3) is 135 Å². The summed E-state index contributed by atoms with van der Waals surface area (Å²) in [5, 5.41) is 72.8. The molecular weight excluding hydrogens is 1920 g/mol. The van der Waals surface area contributed by atoms with E-state index in [4.69, 9.17) is 32.9 Å². The van der Waals surface area contributed by atoms with Gasteiger partial charge in [0.05, 0.1) is 148 Å². The standard InChI is InChI=1S/C20H17N7O.4C19H19N7O2S/c1-22-16-9-24-18-15(4-7-23-18)17(16)14-8-25-27(10-14)20(5-6-21)11-26(12-20)19(28)13-2-3-13;1-13(2)29(27,28)25-11-19(12-25,5-6-20)26-10-14(8-24-26)17-15-4-7-22-18(15)23-9-16(17)21-3;1-4-29(27,28)25-11-19(12-25,13(2)7-20)26-10-14(8-24-26)17-15-5-6-22-18(15)23-9-16(17)21-3;2*1-3-8-29(27,28)25-12-19(13-25,5-6-20)26-11-14(9-24-26)17-15-4-7-22-18(15)23-10-16(17)21-2/h4,7-10,13H,2-3,5,11-12H2,(H,23,24);4,7-10,13H,5,11-12H2,1-2H3,(H,22,23);5-6,8-10,13H,4,11-12H2,1-2H3,(H,22,23);2*4,7,9-11H,3,5,8,12-13H2,1H3,(H,22,23). The van der Waals surface area contributed by atoms with Crippen molar-refractivity contribution in [1.82, 2.24) is 121 Å². The fourth-order valence-corrected chi connectivity index (χ4v) is 24.9. The Hall–Kier alpha value is -16.5. The number of aromatic nitrogens is 20. The Morgan fingerprint density at radius 2 is 0.653 bits per heavy atom. The van der Waals surface area contributed by atoms with E-state index in [1.807, 2.05) is 55.3 Å². The van der Waals surface area contributed by atoms with Gasteiger partial charge < -0.3 is 29.8 Å². The maximum atomic E-state index is 12.4. The third-order valence-corrected chi connectivity index (χ3v) is 35.1. The van der Waals surface area contributed by atoms with E-state index in [1.54, 1.807) is 144 Å². The van der Waals surface area contributed by atoms with E-state index in [9.17, 15) is 64.8 Å². The smallest absolute Gasteiger partial charge is 0.225 e. The number of H-pyrrole nitrogens is 5. The zero-order valence-corrected chi connectivity index (χ0v) is 82.0. The van der Waals surface area contributed by atoms with E-state index < -0.39 is 79.0 Å². The van der Waals surface area contributed by atoms with Gasteiger partial charge in [0.2, 0.25) is 74.4 Å². The molecule has 21 rings (SSSR count). The molecule has 48 heteroatoms. The van der Waals surface area contributed by atoms with Crippen LogP contribution in [0, 0.1) is 101 Å². The number of hydrogen-bond donors (Lipinski definition) is 5. The number of nitrogens with zero attached hydrogens (tertiary/aromatic N) is 30. The molecule has 0 aromatic carbocycles. The molecule has 5 saturated heterocycles. The first-order valence-electron chi connectivity index (χ1n) is 45.8. The summed E-state index contributed by atoms with van der Waals surface area (Å²) in [7, 11) is -13.3. The number of carbonyl (C=O) groups excluding carboxylic acids is 1. The van der Waals surface area contributed by atoms with Gasteiger partial charge in [0.1, 0.15) is 55.9 Å². The van der Waals surface area contributed by atoms with Gasteiger partial charge in [-0.25, -0.2) is 57.9 Å². The fourth-order valence-electron chi connectivity index (χ4n) is 19.0. The molecule has 6 aliphatic rings. The quantitative estimate of drug-likeness (QED) is 0.0314. The summed E-state index contributed by atoms with van der Waals surface area (Å²) in [6.07, 6.45) is 37.6. The molecule has 5 N–H and O–H groups in total. The van der Waals surface area contributed by atoms with Crippen molar-refractivity contribution >= 4 is 130 Å². The number of sulfonamides is 4. The van der Waals surface area contributed by atoms with Crippen LogP contribution in [0.2, 0.25) is 0 Å². The van der Waals surface area contributed by atoms with Crippen LogP contribution in [0.4, 0.5) is 28.4 Å². The molecule has 6 fully saturated rings. The molecule has 44 nitrogen and oxygen atoms in total. The van der Waals surface area contributed by atoms with E-state index >= 15 is 0 Å². The Labute approximate surface area is 827 Å². The minimum Gasteiger partial charge on any atom is -0.346 e. The topological polar surface area (TPSA) is 543 Å². The van der Waals surface area contributed by atoms with Gasteiger partial charge in [-0.05, 0) is 83.7 Å². The van der Waals surface area contributed by atoms with Crippen LogP contribution >= 0.6 is 0 Å². The summed E-state index contributed by atoms with van der Waals surface area (Å²) in [6, 6.07) is 20.3. The number of nitriles is 5. The minimum absolute atomic E-state index is 0.0191. The van der Waals surface area contributed by atoms with Gasteiger partial charge in [-0.1, -0.05) is 13.8 Å². The van der Waals surface area contributed by atoms with Gasteiger partial charge >= 0.3 is 0 Å². The number of carbonyl (C=O) groups is 1. The van der Waals surface area contributed by atoms with Crippen molar-refractivity contribution in [2.75, 3.05) is 82.7 Å². The van der Waals surface area contributed by atoms with E-state index in [0.717, 1.165) is 95.4 Å². The molecule has 144 heavy (non-hydrogen) atoms. The molecule has 0 spiro atoms. The van der Waals surface area contributed by atoms with E-state index in [1.165, 1.54) is 42.0 Å². The van der Waals surface area contributed by atoms with Crippen LogP contribution in [0.1, 0.15) is 92.9 Å². The first-order chi connectivity index (χ1) is 69.2. The highest BCUT2D eigenvalue weighted by Crippen LogP contribution is 2.48. The lowest BCUT2D eigenvalue weighted by Gasteiger charge is -2.50. The van der Waals surface area contributed by atoms with Gasteiger partial charge in [0.25, 0.3) is 0 Å². The van der Waals surface area contributed by atoms with Crippen molar-refractivity contribution in [3.63, 3.8) is 0 Å². The van der Waals surface area contributed by atoms with Gasteiger partial charge in [-0.3, -0.25) is 53.1 Å². The molecule has 15 aromatic heterocycles. The van der Waals surface area contributed by atoms with E-state index in [0.29, 0.717) is 82.6 Å². The molecule has 1 amide bonds. The SMILES string of the molecule is [C-]#[N+]c1cnc2[nH]ccc2c1-c1cnn(C2(C(C)C#N)CN(S(=O)(=O)CC)C2)c1.[C-]#[N+]c1cnc2[nH]ccc2c1-c1cnn(C2(CC#N)CN(C(=O)C3CC3)C2)c1.[C-]#[N+]c1cnc2[nH]ccc2c1-c1cnn(C2(CC#N)CN(S(=O)(=O)C(C)C)C2)c1.[C-]#[N+]c1cnc2[nH]ccc2c1-c1cnn(C2(CC#N)CN(S(=O)(=O)CCC)C2)c1.[C-]#[N+]c1cnc2[nH]ccc2c1-c1cnn(C2(CC#N)CN(S(=O)(=O)CCC)C2)c1. The normalized spacial score (nSPS) is 16.8. The average molecular weight is 2010 g/mol. The zero-order valence-electron chi connectivity index (χ0n) is 78.7. The Morgan fingerprint density at radius 3 is 0.903 bits per heavy atom. The maximum absolute atomic E-state index is 12.4. The summed E-state index contributed by atoms with van der Waals surface area (Å²) >= 11 is 0. The van der Waals surface area contributed by atoms with Gasteiger partial charge in [-0.15, -0.1) is 0 Å². The van der Waals surface area contributed by atoms with Gasteiger partial charge in [0.15, 0.2) is 0 Å². The molecule has 0 radical (unpaired) electrons. The van der Waals surface area contributed by atoms with Crippen LogP contribution in [0.15, 0.2) is 154 Å². The average Bonchev–Trinajstić information content (AvgIpc) is 1.51. The minimum atomic E-state index is -3.38. The largest absolute Gasteiger partial charge is 0.346 e. The second-order valence-corrected chi connectivity index (χ2v) is 45.5. The molecular formula is C96H93N35O9S4. The number of likely N-dealkylation sites (tertiary alicyclic amines) is 1. The molecule has 0 bridgehead atoms. The summed E-state index contributed by atoms with van der Waals surface area (Å²) in [6.45, 7) is 50.4. The highest BCUT2D eigenvalue weighted by atomic mass is 32.2. The number of aromatic amines is 5. The monoisotopic (exact) mass is 2010 g/mol. The van der Waals surface area contributed by atoms with Crippen LogP contribution < -0.4 is 0 Å². The number of rotatable bonds is 26.